The number of hydrogen-bond acceptors (Lipinski definition) is 8. The fourth-order valence-electron chi connectivity index (χ4n) is 3.11. The first kappa shape index (κ1) is 18.9. The van der Waals surface area contributed by atoms with E-state index in [4.69, 9.17) is 9.26 Å². The van der Waals surface area contributed by atoms with Crippen molar-refractivity contribution in [2.75, 3.05) is 31.2 Å². The Morgan fingerprint density at radius 2 is 1.86 bits per heavy atom. The molecule has 0 aliphatic carbocycles. The Kier molecular flexibility index (Phi) is 5.92. The van der Waals surface area contributed by atoms with E-state index in [9.17, 15) is 0 Å². The van der Waals surface area contributed by atoms with Crippen molar-refractivity contribution in [2.24, 2.45) is 0 Å². The summed E-state index contributed by atoms with van der Waals surface area (Å²) in [4.78, 5) is 6.74. The van der Waals surface area contributed by atoms with E-state index in [-0.39, 0.29) is 0 Å². The van der Waals surface area contributed by atoms with Gasteiger partial charge in [0.1, 0.15) is 0 Å². The lowest BCUT2D eigenvalue weighted by atomic mass is 10.1. The number of benzene rings is 1. The summed E-state index contributed by atoms with van der Waals surface area (Å²) in [6, 6.07) is 8.25. The maximum absolute atomic E-state index is 5.43. The molecule has 28 heavy (non-hydrogen) atoms. The highest BCUT2D eigenvalue weighted by Gasteiger charge is 2.20. The first-order valence-corrected chi connectivity index (χ1v) is 10.6. The van der Waals surface area contributed by atoms with Gasteiger partial charge in [0.05, 0.1) is 19.0 Å². The second kappa shape index (κ2) is 8.74. The summed E-state index contributed by atoms with van der Waals surface area (Å²) >= 11 is 1.56. The summed E-state index contributed by atoms with van der Waals surface area (Å²) in [5, 5.41) is 13.7. The van der Waals surface area contributed by atoms with Gasteiger partial charge in [-0.3, -0.25) is 4.57 Å². The Morgan fingerprint density at radius 3 is 2.57 bits per heavy atom. The third-order valence-corrected chi connectivity index (χ3v) is 5.67. The van der Waals surface area contributed by atoms with Crippen LogP contribution in [0.2, 0.25) is 0 Å². The van der Waals surface area contributed by atoms with Crippen molar-refractivity contribution < 1.29 is 9.26 Å². The van der Waals surface area contributed by atoms with Crippen molar-refractivity contribution in [2.45, 2.75) is 37.7 Å². The molecule has 0 atom stereocenters. The summed E-state index contributed by atoms with van der Waals surface area (Å²) in [6.07, 6.45) is 1.01. The first-order valence-electron chi connectivity index (χ1n) is 9.59. The Bertz CT molecular complexity index is 902. The maximum Gasteiger partial charge on any atom is 0.237 e. The largest absolute Gasteiger partial charge is 0.378 e. The van der Waals surface area contributed by atoms with Gasteiger partial charge in [-0.2, -0.15) is 4.98 Å². The van der Waals surface area contributed by atoms with Crippen LogP contribution in [0.25, 0.3) is 11.4 Å². The third kappa shape index (κ3) is 4.05. The van der Waals surface area contributed by atoms with Crippen molar-refractivity contribution in [3.63, 3.8) is 0 Å². The normalized spacial score (nSPS) is 14.6. The monoisotopic (exact) mass is 400 g/mol. The summed E-state index contributed by atoms with van der Waals surface area (Å²) in [7, 11) is 0. The molecule has 0 saturated carbocycles. The lowest BCUT2D eigenvalue weighted by Crippen LogP contribution is -2.38. The second-order valence-electron chi connectivity index (χ2n) is 6.48. The van der Waals surface area contributed by atoms with Crippen LogP contribution in [0.3, 0.4) is 0 Å². The second-order valence-corrected chi connectivity index (χ2v) is 7.42. The molecule has 148 valence electrons. The van der Waals surface area contributed by atoms with Crippen LogP contribution in [0, 0.1) is 0 Å². The van der Waals surface area contributed by atoms with E-state index in [1.165, 1.54) is 5.56 Å². The van der Waals surface area contributed by atoms with Crippen LogP contribution in [0.5, 0.6) is 0 Å². The molecule has 4 rings (SSSR count). The van der Waals surface area contributed by atoms with Gasteiger partial charge in [0, 0.05) is 25.2 Å². The van der Waals surface area contributed by atoms with Crippen molar-refractivity contribution >= 4 is 17.7 Å². The van der Waals surface area contributed by atoms with E-state index in [0.29, 0.717) is 17.5 Å². The molecule has 1 aliphatic heterocycles. The maximum atomic E-state index is 5.43. The Labute approximate surface area is 168 Å². The number of aromatic nitrogens is 5. The molecule has 1 aliphatic rings. The SMILES string of the molecule is CCc1ccc(-c2noc(CSc3nnc(N4CCOCC4)n3CC)n2)cc1. The molecule has 0 N–H and O–H groups in total. The quantitative estimate of drug-likeness (QED) is 0.560. The summed E-state index contributed by atoms with van der Waals surface area (Å²) in [6.45, 7) is 8.17. The van der Waals surface area contributed by atoms with Gasteiger partial charge in [0.2, 0.25) is 17.7 Å². The van der Waals surface area contributed by atoms with Crippen LogP contribution in [0.4, 0.5) is 5.95 Å². The number of rotatable bonds is 7. The number of ether oxygens (including phenoxy) is 1. The van der Waals surface area contributed by atoms with Crippen molar-refractivity contribution in [1.82, 2.24) is 24.9 Å². The van der Waals surface area contributed by atoms with Gasteiger partial charge in [-0.1, -0.05) is 48.1 Å². The van der Waals surface area contributed by atoms with Crippen molar-refractivity contribution in [3.05, 3.63) is 35.7 Å². The van der Waals surface area contributed by atoms with E-state index in [1.54, 1.807) is 11.8 Å². The number of morpholine rings is 1. The zero-order chi connectivity index (χ0) is 19.3. The standard InChI is InChI=1S/C19H24N6O2S/c1-3-14-5-7-15(8-6-14)17-20-16(27-23-17)13-28-19-22-21-18(25(19)4-2)24-9-11-26-12-10-24/h5-8H,3-4,9-13H2,1-2H3. The highest BCUT2D eigenvalue weighted by atomic mass is 32.2. The molecular formula is C19H24N6O2S. The molecule has 0 bridgehead atoms. The van der Waals surface area contributed by atoms with Gasteiger partial charge in [0.15, 0.2) is 5.16 Å². The van der Waals surface area contributed by atoms with Gasteiger partial charge >= 0.3 is 0 Å². The van der Waals surface area contributed by atoms with Gasteiger partial charge in [-0.15, -0.1) is 10.2 Å². The van der Waals surface area contributed by atoms with Gasteiger partial charge in [-0.25, -0.2) is 0 Å². The summed E-state index contributed by atoms with van der Waals surface area (Å²) in [5.74, 6) is 2.65. The minimum absolute atomic E-state index is 0.557. The van der Waals surface area contributed by atoms with E-state index >= 15 is 0 Å². The summed E-state index contributed by atoms with van der Waals surface area (Å²) in [5.41, 5.74) is 2.25. The number of aryl methyl sites for hydroxylation is 1. The molecule has 0 amide bonds. The van der Waals surface area contributed by atoms with Crippen LogP contribution < -0.4 is 4.90 Å². The molecule has 9 heteroatoms. The highest BCUT2D eigenvalue weighted by Crippen LogP contribution is 2.26. The minimum atomic E-state index is 0.557. The highest BCUT2D eigenvalue weighted by molar-refractivity contribution is 7.98. The Hall–Kier alpha value is -2.39. The number of nitrogens with zero attached hydrogens (tertiary/aromatic N) is 6. The van der Waals surface area contributed by atoms with Crippen LogP contribution in [0.1, 0.15) is 25.3 Å². The molecule has 1 saturated heterocycles. The van der Waals surface area contributed by atoms with E-state index in [1.807, 2.05) is 12.1 Å². The lowest BCUT2D eigenvalue weighted by Gasteiger charge is -2.27. The van der Waals surface area contributed by atoms with Crippen molar-refractivity contribution in [1.29, 1.82) is 0 Å². The summed E-state index contributed by atoms with van der Waals surface area (Å²) < 4.78 is 13.0. The van der Waals surface area contributed by atoms with E-state index < -0.39 is 0 Å². The van der Waals surface area contributed by atoms with E-state index in [0.717, 1.165) is 55.9 Å². The molecule has 3 heterocycles. The molecular weight excluding hydrogens is 376 g/mol. The number of hydrogen-bond donors (Lipinski definition) is 0. The lowest BCUT2D eigenvalue weighted by molar-refractivity contribution is 0.121. The fourth-order valence-corrected chi connectivity index (χ4v) is 3.94. The van der Waals surface area contributed by atoms with Crippen LogP contribution in [0.15, 0.2) is 33.9 Å². The van der Waals surface area contributed by atoms with E-state index in [2.05, 4.69) is 55.8 Å². The average Bonchev–Trinajstić information content (AvgIpc) is 3.39. The smallest absolute Gasteiger partial charge is 0.237 e. The Balaban J connectivity index is 1.43. The predicted molar refractivity (Wildman–Crippen MR) is 107 cm³/mol. The van der Waals surface area contributed by atoms with Gasteiger partial charge < -0.3 is 14.2 Å². The number of thioether (sulfide) groups is 1. The van der Waals surface area contributed by atoms with Gasteiger partial charge in [-0.05, 0) is 18.9 Å². The zero-order valence-electron chi connectivity index (χ0n) is 16.2. The van der Waals surface area contributed by atoms with Gasteiger partial charge in [0.25, 0.3) is 0 Å². The molecule has 0 radical (unpaired) electrons. The molecule has 8 nitrogen and oxygen atoms in total. The fraction of sp³-hybridized carbons (Fsp3) is 0.474. The predicted octanol–water partition coefficient (Wildman–Crippen LogP) is 3.04. The molecule has 3 aromatic rings. The molecule has 0 unspecified atom stereocenters. The van der Waals surface area contributed by atoms with Crippen LogP contribution >= 0.6 is 11.8 Å². The first-order chi connectivity index (χ1) is 13.8. The molecule has 0 spiro atoms. The number of anilines is 1. The zero-order valence-corrected chi connectivity index (χ0v) is 17.0. The molecule has 1 fully saturated rings. The molecule has 2 aromatic heterocycles. The van der Waals surface area contributed by atoms with Crippen LogP contribution in [-0.4, -0.2) is 51.2 Å². The van der Waals surface area contributed by atoms with Crippen molar-refractivity contribution in [3.8, 4) is 11.4 Å². The molecule has 1 aromatic carbocycles. The Morgan fingerprint density at radius 1 is 1.07 bits per heavy atom. The third-order valence-electron chi connectivity index (χ3n) is 4.72. The minimum Gasteiger partial charge on any atom is -0.378 e. The topological polar surface area (TPSA) is 82.1 Å². The average molecular weight is 401 g/mol. The van der Waals surface area contributed by atoms with Crippen LogP contribution in [-0.2, 0) is 23.5 Å².